The Labute approximate surface area is 116 Å². The fourth-order valence-electron chi connectivity index (χ4n) is 3.50. The van der Waals surface area contributed by atoms with Crippen LogP contribution in [0.1, 0.15) is 56.2 Å². The van der Waals surface area contributed by atoms with Gasteiger partial charge in [-0.05, 0) is 29.4 Å². The fraction of sp³-hybridized carbons (Fsp3) is 0.647. The van der Waals surface area contributed by atoms with E-state index in [-0.39, 0.29) is 0 Å². The van der Waals surface area contributed by atoms with Gasteiger partial charge in [-0.3, -0.25) is 0 Å². The molecule has 1 saturated carbocycles. The summed E-state index contributed by atoms with van der Waals surface area (Å²) in [6.45, 7) is 5.14. The third-order valence-corrected chi connectivity index (χ3v) is 4.81. The monoisotopic (exact) mass is 259 g/mol. The highest BCUT2D eigenvalue weighted by Crippen LogP contribution is 2.36. The van der Waals surface area contributed by atoms with Gasteiger partial charge < -0.3 is 10.1 Å². The van der Waals surface area contributed by atoms with Gasteiger partial charge in [0.1, 0.15) is 0 Å². The van der Waals surface area contributed by atoms with Crippen molar-refractivity contribution >= 4 is 0 Å². The van der Waals surface area contributed by atoms with Gasteiger partial charge in [-0.15, -0.1) is 0 Å². The Balaban J connectivity index is 1.64. The number of benzene rings is 1. The average Bonchev–Trinajstić information content (AvgIpc) is 2.46. The topological polar surface area (TPSA) is 21.3 Å². The van der Waals surface area contributed by atoms with Crippen LogP contribution in [0.25, 0.3) is 0 Å². The Morgan fingerprint density at radius 2 is 2.00 bits per heavy atom. The zero-order chi connectivity index (χ0) is 13.1. The molecule has 1 fully saturated rings. The number of fused-ring (bicyclic) bond motifs is 1. The summed E-state index contributed by atoms with van der Waals surface area (Å²) < 4.78 is 5.72. The van der Waals surface area contributed by atoms with E-state index in [4.69, 9.17) is 4.74 Å². The third-order valence-electron chi connectivity index (χ3n) is 4.81. The lowest BCUT2D eigenvalue weighted by atomic mass is 9.75. The van der Waals surface area contributed by atoms with E-state index in [0.717, 1.165) is 19.8 Å². The van der Waals surface area contributed by atoms with E-state index in [1.165, 1.54) is 43.2 Å². The molecule has 2 nitrogen and oxygen atoms in total. The summed E-state index contributed by atoms with van der Waals surface area (Å²) in [4.78, 5) is 0. The van der Waals surface area contributed by atoms with Crippen LogP contribution in [0, 0.1) is 5.41 Å². The molecule has 0 radical (unpaired) electrons. The lowest BCUT2D eigenvalue weighted by Crippen LogP contribution is -2.38. The zero-order valence-corrected chi connectivity index (χ0v) is 12.0. The molecule has 19 heavy (non-hydrogen) atoms. The minimum atomic E-state index is 0.378. The van der Waals surface area contributed by atoms with Crippen molar-refractivity contribution in [2.45, 2.75) is 51.7 Å². The molecule has 3 rings (SSSR count). The van der Waals surface area contributed by atoms with Crippen molar-refractivity contribution in [1.29, 1.82) is 0 Å². The molecule has 1 aliphatic carbocycles. The maximum atomic E-state index is 5.72. The smallest absolute Gasteiger partial charge is 0.0721 e. The minimum absolute atomic E-state index is 0.378. The van der Waals surface area contributed by atoms with Crippen LogP contribution in [0.5, 0.6) is 0 Å². The molecule has 1 N–H and O–H groups in total. The van der Waals surface area contributed by atoms with Crippen LogP contribution < -0.4 is 5.32 Å². The molecule has 1 heterocycles. The van der Waals surface area contributed by atoms with Crippen LogP contribution in [0.2, 0.25) is 0 Å². The molecule has 2 heteroatoms. The van der Waals surface area contributed by atoms with E-state index in [2.05, 4.69) is 36.5 Å². The third kappa shape index (κ3) is 3.01. The normalized spacial score (nSPS) is 25.8. The van der Waals surface area contributed by atoms with Gasteiger partial charge in [0.2, 0.25) is 0 Å². The molecule has 2 aliphatic rings. The SMILES string of the molecule is CC1(CNC2COCc3ccccc32)CCCCC1. The van der Waals surface area contributed by atoms with E-state index >= 15 is 0 Å². The molecule has 1 aromatic carbocycles. The van der Waals surface area contributed by atoms with Crippen molar-refractivity contribution in [1.82, 2.24) is 5.32 Å². The van der Waals surface area contributed by atoms with Gasteiger partial charge in [-0.1, -0.05) is 50.5 Å². The second kappa shape index (κ2) is 5.64. The van der Waals surface area contributed by atoms with E-state index in [1.54, 1.807) is 0 Å². The molecule has 1 atom stereocenters. The summed E-state index contributed by atoms with van der Waals surface area (Å²) in [5, 5.41) is 3.76. The first-order valence-electron chi connectivity index (χ1n) is 7.66. The van der Waals surface area contributed by atoms with Crippen LogP contribution >= 0.6 is 0 Å². The molecular formula is C17H25NO. The second-order valence-electron chi connectivity index (χ2n) is 6.52. The van der Waals surface area contributed by atoms with Crippen molar-refractivity contribution in [3.05, 3.63) is 35.4 Å². The van der Waals surface area contributed by atoms with Gasteiger partial charge in [0.25, 0.3) is 0 Å². The summed E-state index contributed by atoms with van der Waals surface area (Å²) >= 11 is 0. The molecule has 1 aromatic rings. The summed E-state index contributed by atoms with van der Waals surface area (Å²) in [6, 6.07) is 9.06. The lowest BCUT2D eigenvalue weighted by Gasteiger charge is -2.36. The van der Waals surface area contributed by atoms with E-state index in [1.807, 2.05) is 0 Å². The predicted molar refractivity (Wildman–Crippen MR) is 78.0 cm³/mol. The maximum absolute atomic E-state index is 5.72. The first-order chi connectivity index (χ1) is 9.27. The van der Waals surface area contributed by atoms with Crippen LogP contribution in [0.15, 0.2) is 24.3 Å². The van der Waals surface area contributed by atoms with Gasteiger partial charge in [0, 0.05) is 6.54 Å². The molecule has 0 bridgehead atoms. The summed E-state index contributed by atoms with van der Waals surface area (Å²) in [7, 11) is 0. The standard InChI is InChI=1S/C17H25NO/c1-17(9-5-2-6-10-17)13-18-16-12-19-11-14-7-3-4-8-15(14)16/h3-4,7-8,16,18H,2,5-6,9-13H2,1H3. The van der Waals surface area contributed by atoms with Gasteiger partial charge in [0.05, 0.1) is 19.3 Å². The van der Waals surface area contributed by atoms with E-state index in [0.29, 0.717) is 11.5 Å². The van der Waals surface area contributed by atoms with Crippen molar-refractivity contribution in [3.63, 3.8) is 0 Å². The number of ether oxygens (including phenoxy) is 1. The van der Waals surface area contributed by atoms with Crippen molar-refractivity contribution < 1.29 is 4.74 Å². The van der Waals surface area contributed by atoms with Crippen LogP contribution in [-0.2, 0) is 11.3 Å². The van der Waals surface area contributed by atoms with Gasteiger partial charge in [0.15, 0.2) is 0 Å². The Hall–Kier alpha value is -0.860. The van der Waals surface area contributed by atoms with E-state index < -0.39 is 0 Å². The maximum Gasteiger partial charge on any atom is 0.0721 e. The van der Waals surface area contributed by atoms with Crippen LogP contribution in [0.4, 0.5) is 0 Å². The highest BCUT2D eigenvalue weighted by Gasteiger charge is 2.28. The summed E-state index contributed by atoms with van der Waals surface area (Å²) in [5.41, 5.74) is 3.28. The van der Waals surface area contributed by atoms with Gasteiger partial charge in [-0.25, -0.2) is 0 Å². The molecule has 0 aromatic heterocycles. The largest absolute Gasteiger partial charge is 0.375 e. The number of hydrogen-bond donors (Lipinski definition) is 1. The van der Waals surface area contributed by atoms with Crippen molar-refractivity contribution in [3.8, 4) is 0 Å². The highest BCUT2D eigenvalue weighted by atomic mass is 16.5. The molecule has 0 spiro atoms. The Bertz CT molecular complexity index is 423. The molecule has 1 aliphatic heterocycles. The van der Waals surface area contributed by atoms with Crippen LogP contribution in [-0.4, -0.2) is 13.2 Å². The van der Waals surface area contributed by atoms with Gasteiger partial charge in [-0.2, -0.15) is 0 Å². The number of rotatable bonds is 3. The molecule has 104 valence electrons. The number of nitrogens with one attached hydrogen (secondary N) is 1. The lowest BCUT2D eigenvalue weighted by molar-refractivity contribution is 0.0755. The Kier molecular flexibility index (Phi) is 3.90. The minimum Gasteiger partial charge on any atom is -0.375 e. The molecule has 0 amide bonds. The zero-order valence-electron chi connectivity index (χ0n) is 12.0. The molecular weight excluding hydrogens is 234 g/mol. The van der Waals surface area contributed by atoms with Crippen LogP contribution in [0.3, 0.4) is 0 Å². The highest BCUT2D eigenvalue weighted by molar-refractivity contribution is 5.31. The second-order valence-corrected chi connectivity index (χ2v) is 6.52. The first kappa shape index (κ1) is 13.1. The Morgan fingerprint density at radius 1 is 1.21 bits per heavy atom. The first-order valence-corrected chi connectivity index (χ1v) is 7.66. The Morgan fingerprint density at radius 3 is 2.84 bits per heavy atom. The predicted octanol–water partition coefficient (Wildman–Crippen LogP) is 3.82. The number of hydrogen-bond acceptors (Lipinski definition) is 2. The quantitative estimate of drug-likeness (QED) is 0.891. The summed E-state index contributed by atoms with van der Waals surface area (Å²) in [5.74, 6) is 0. The van der Waals surface area contributed by atoms with Gasteiger partial charge >= 0.3 is 0 Å². The molecule has 0 saturated heterocycles. The van der Waals surface area contributed by atoms with Crippen molar-refractivity contribution in [2.75, 3.05) is 13.2 Å². The summed E-state index contributed by atoms with van der Waals surface area (Å²) in [6.07, 6.45) is 6.96. The van der Waals surface area contributed by atoms with Crippen molar-refractivity contribution in [2.24, 2.45) is 5.41 Å². The molecule has 1 unspecified atom stereocenters. The van der Waals surface area contributed by atoms with E-state index in [9.17, 15) is 0 Å². The fourth-order valence-corrected chi connectivity index (χ4v) is 3.50. The average molecular weight is 259 g/mol.